The summed E-state index contributed by atoms with van der Waals surface area (Å²) in [6.07, 6.45) is 1.64. The molecule has 30 heavy (non-hydrogen) atoms. The van der Waals surface area contributed by atoms with Crippen LogP contribution in [0.2, 0.25) is 5.02 Å². The Morgan fingerprint density at radius 1 is 1.10 bits per heavy atom. The van der Waals surface area contributed by atoms with Gasteiger partial charge in [-0.25, -0.2) is 9.97 Å². The highest BCUT2D eigenvalue weighted by molar-refractivity contribution is 6.32. The van der Waals surface area contributed by atoms with Crippen molar-refractivity contribution in [3.63, 3.8) is 0 Å². The molecule has 7 nitrogen and oxygen atoms in total. The number of halogens is 1. The topological polar surface area (TPSA) is 92.8 Å². The van der Waals surface area contributed by atoms with E-state index in [1.54, 1.807) is 25.4 Å². The molecule has 0 amide bonds. The zero-order valence-electron chi connectivity index (χ0n) is 15.9. The van der Waals surface area contributed by atoms with Gasteiger partial charge in [-0.15, -0.1) is 0 Å². The normalized spacial score (nSPS) is 11.9. The maximum absolute atomic E-state index is 13.1. The van der Waals surface area contributed by atoms with Gasteiger partial charge in [0.15, 0.2) is 11.6 Å². The largest absolute Gasteiger partial charge is 0.495 e. The van der Waals surface area contributed by atoms with E-state index in [-0.39, 0.29) is 5.78 Å². The summed E-state index contributed by atoms with van der Waals surface area (Å²) in [5, 5.41) is 10.7. The Morgan fingerprint density at radius 2 is 1.93 bits per heavy atom. The van der Waals surface area contributed by atoms with Crippen LogP contribution in [-0.2, 0) is 6.54 Å². The van der Waals surface area contributed by atoms with Crippen molar-refractivity contribution in [1.29, 1.82) is 0 Å². The second-order valence-electron chi connectivity index (χ2n) is 6.79. The number of aromatic amines is 1. The Balaban J connectivity index is 1.57. The number of methoxy groups -OCH3 is 1. The van der Waals surface area contributed by atoms with Crippen molar-refractivity contribution in [2.24, 2.45) is 0 Å². The van der Waals surface area contributed by atoms with Crippen molar-refractivity contribution in [2.75, 3.05) is 12.4 Å². The number of ether oxygens (including phenoxy) is 1. The smallest absolute Gasteiger partial charge is 0.199 e. The standard InChI is InChI=1S/C22H16ClN5O2/c1-30-17-7-6-12(10-15(17)23)11-24-22-18-19(13-4-2-3-5-14(13)20(18)29)26-21(27-22)16-8-9-25-28-16/h2-10H,11H2,1H3,(H,25,28)(H,24,26,27). The first-order valence-corrected chi connectivity index (χ1v) is 9.65. The Kier molecular flexibility index (Phi) is 4.44. The fraction of sp³-hybridized carbons (Fsp3) is 0.0909. The third kappa shape index (κ3) is 3.00. The van der Waals surface area contributed by atoms with Crippen LogP contribution in [0.5, 0.6) is 5.75 Å². The summed E-state index contributed by atoms with van der Waals surface area (Å²) >= 11 is 6.24. The number of carbonyl (C=O) groups is 1. The average molecular weight is 418 g/mol. The molecule has 0 saturated carbocycles. The highest BCUT2D eigenvalue weighted by Crippen LogP contribution is 2.39. The number of ketones is 1. The van der Waals surface area contributed by atoms with Crippen LogP contribution in [-0.4, -0.2) is 33.1 Å². The van der Waals surface area contributed by atoms with Gasteiger partial charge < -0.3 is 10.1 Å². The van der Waals surface area contributed by atoms with Crippen LogP contribution in [0, 0.1) is 0 Å². The first-order valence-electron chi connectivity index (χ1n) is 9.28. The number of carbonyl (C=O) groups excluding carboxylic acids is 1. The molecule has 148 valence electrons. The van der Waals surface area contributed by atoms with Gasteiger partial charge >= 0.3 is 0 Å². The van der Waals surface area contributed by atoms with Gasteiger partial charge in [0.25, 0.3) is 0 Å². The number of anilines is 1. The van der Waals surface area contributed by atoms with Gasteiger partial charge in [0, 0.05) is 23.9 Å². The molecular formula is C22H16ClN5O2. The summed E-state index contributed by atoms with van der Waals surface area (Å²) in [6, 6.07) is 14.8. The summed E-state index contributed by atoms with van der Waals surface area (Å²) in [5.74, 6) is 1.45. The molecule has 0 radical (unpaired) electrons. The predicted octanol–water partition coefficient (Wildman–Crippen LogP) is 4.35. The third-order valence-corrected chi connectivity index (χ3v) is 5.28. The van der Waals surface area contributed by atoms with Crippen LogP contribution in [0.3, 0.4) is 0 Å². The van der Waals surface area contributed by atoms with Crippen molar-refractivity contribution >= 4 is 23.2 Å². The van der Waals surface area contributed by atoms with Gasteiger partial charge in [-0.2, -0.15) is 5.10 Å². The molecule has 2 N–H and O–H groups in total. The predicted molar refractivity (Wildman–Crippen MR) is 114 cm³/mol. The molecule has 0 unspecified atom stereocenters. The Bertz CT molecular complexity index is 1270. The van der Waals surface area contributed by atoms with Crippen molar-refractivity contribution in [2.45, 2.75) is 6.54 Å². The zero-order chi connectivity index (χ0) is 20.7. The number of nitrogens with one attached hydrogen (secondary N) is 2. The second kappa shape index (κ2) is 7.27. The molecule has 0 spiro atoms. The van der Waals surface area contributed by atoms with E-state index in [1.165, 1.54) is 0 Å². The van der Waals surface area contributed by atoms with Gasteiger partial charge in [0.1, 0.15) is 17.3 Å². The fourth-order valence-corrected chi connectivity index (χ4v) is 3.81. The maximum atomic E-state index is 13.1. The number of rotatable bonds is 5. The molecule has 5 rings (SSSR count). The molecule has 0 fully saturated rings. The van der Waals surface area contributed by atoms with E-state index < -0.39 is 0 Å². The number of benzene rings is 2. The molecule has 0 atom stereocenters. The molecule has 0 saturated heterocycles. The molecule has 1 aliphatic rings. The monoisotopic (exact) mass is 417 g/mol. The summed E-state index contributed by atoms with van der Waals surface area (Å²) in [6.45, 7) is 0.430. The minimum absolute atomic E-state index is 0.0907. The van der Waals surface area contributed by atoms with Gasteiger partial charge in [0.2, 0.25) is 0 Å². The number of hydrogen-bond donors (Lipinski definition) is 2. The molecule has 2 aromatic carbocycles. The summed E-state index contributed by atoms with van der Waals surface area (Å²) in [7, 11) is 1.57. The second-order valence-corrected chi connectivity index (χ2v) is 7.19. The number of H-pyrrole nitrogens is 1. The lowest BCUT2D eigenvalue weighted by Crippen LogP contribution is -2.09. The number of fused-ring (bicyclic) bond motifs is 3. The van der Waals surface area contributed by atoms with Gasteiger partial charge in [-0.3, -0.25) is 9.89 Å². The van der Waals surface area contributed by atoms with Crippen LogP contribution >= 0.6 is 11.6 Å². The van der Waals surface area contributed by atoms with E-state index in [0.717, 1.165) is 11.1 Å². The van der Waals surface area contributed by atoms with Crippen molar-refractivity contribution in [1.82, 2.24) is 20.2 Å². The van der Waals surface area contributed by atoms with Gasteiger partial charge in [-0.1, -0.05) is 41.9 Å². The lowest BCUT2D eigenvalue weighted by Gasteiger charge is -2.12. The first-order chi connectivity index (χ1) is 14.7. The number of aromatic nitrogens is 4. The number of hydrogen-bond acceptors (Lipinski definition) is 6. The minimum atomic E-state index is -0.0907. The molecular weight excluding hydrogens is 402 g/mol. The molecule has 1 aliphatic carbocycles. The first kappa shape index (κ1) is 18.3. The molecule has 0 bridgehead atoms. The molecule has 0 aliphatic heterocycles. The lowest BCUT2D eigenvalue weighted by atomic mass is 10.1. The van der Waals surface area contributed by atoms with E-state index in [1.807, 2.05) is 36.4 Å². The van der Waals surface area contributed by atoms with Crippen molar-refractivity contribution in [3.05, 3.63) is 76.4 Å². The quantitative estimate of drug-likeness (QED) is 0.441. The number of nitrogens with zero attached hydrogens (tertiary/aromatic N) is 3. The maximum Gasteiger partial charge on any atom is 0.199 e. The summed E-state index contributed by atoms with van der Waals surface area (Å²) in [4.78, 5) is 22.4. The summed E-state index contributed by atoms with van der Waals surface area (Å²) in [5.41, 5.74) is 4.12. The molecule has 8 heteroatoms. The van der Waals surface area contributed by atoms with Crippen LogP contribution in [0.25, 0.3) is 22.8 Å². The van der Waals surface area contributed by atoms with Crippen molar-refractivity contribution in [3.8, 4) is 28.5 Å². The van der Waals surface area contributed by atoms with Crippen LogP contribution in [0.1, 0.15) is 21.5 Å². The van der Waals surface area contributed by atoms with E-state index in [2.05, 4.69) is 25.5 Å². The van der Waals surface area contributed by atoms with Gasteiger partial charge in [-0.05, 0) is 23.8 Å². The minimum Gasteiger partial charge on any atom is -0.495 e. The van der Waals surface area contributed by atoms with Gasteiger partial charge in [0.05, 0.1) is 23.4 Å². The Hall–Kier alpha value is -3.71. The highest BCUT2D eigenvalue weighted by Gasteiger charge is 2.32. The van der Waals surface area contributed by atoms with E-state index >= 15 is 0 Å². The van der Waals surface area contributed by atoms with Crippen LogP contribution < -0.4 is 10.1 Å². The van der Waals surface area contributed by atoms with E-state index in [0.29, 0.717) is 51.5 Å². The summed E-state index contributed by atoms with van der Waals surface area (Å²) < 4.78 is 5.20. The molecule has 2 heterocycles. The Morgan fingerprint density at radius 3 is 2.67 bits per heavy atom. The van der Waals surface area contributed by atoms with Crippen molar-refractivity contribution < 1.29 is 9.53 Å². The Labute approximate surface area is 177 Å². The lowest BCUT2D eigenvalue weighted by molar-refractivity contribution is 0.104. The van der Waals surface area contributed by atoms with Crippen LogP contribution in [0.15, 0.2) is 54.7 Å². The third-order valence-electron chi connectivity index (χ3n) is 4.98. The molecule has 4 aromatic rings. The zero-order valence-corrected chi connectivity index (χ0v) is 16.7. The van der Waals surface area contributed by atoms with E-state index in [9.17, 15) is 4.79 Å². The average Bonchev–Trinajstić information content (AvgIpc) is 3.40. The van der Waals surface area contributed by atoms with E-state index in [4.69, 9.17) is 16.3 Å². The molecule has 2 aromatic heterocycles. The fourth-order valence-electron chi connectivity index (χ4n) is 3.53. The SMILES string of the molecule is COc1ccc(CNc2nc(-c3ccn[nH]3)nc3c2C(=O)c2ccccc2-3)cc1Cl. The van der Waals surface area contributed by atoms with Crippen LogP contribution in [0.4, 0.5) is 5.82 Å². The highest BCUT2D eigenvalue weighted by atomic mass is 35.5.